The van der Waals surface area contributed by atoms with Crippen molar-refractivity contribution in [1.82, 2.24) is 5.32 Å². The van der Waals surface area contributed by atoms with Crippen molar-refractivity contribution < 1.29 is 32.6 Å². The van der Waals surface area contributed by atoms with Gasteiger partial charge in [-0.15, -0.1) is 0 Å². The molecule has 2 unspecified atom stereocenters. The van der Waals surface area contributed by atoms with Gasteiger partial charge in [0.15, 0.2) is 0 Å². The maximum atomic E-state index is 12.6. The van der Waals surface area contributed by atoms with E-state index in [-0.39, 0.29) is 12.5 Å². The Morgan fingerprint density at radius 3 is 2.07 bits per heavy atom. The van der Waals surface area contributed by atoms with Gasteiger partial charge in [-0.3, -0.25) is 0 Å². The van der Waals surface area contributed by atoms with E-state index >= 15 is 0 Å². The number of aliphatic carboxylic acids is 1. The van der Waals surface area contributed by atoms with Gasteiger partial charge in [0.25, 0.3) is 0 Å². The second kappa shape index (κ2) is 8.14. The molecule has 1 aliphatic rings. The first-order valence-electron chi connectivity index (χ1n) is 9.08. The van der Waals surface area contributed by atoms with E-state index in [0.717, 1.165) is 29.2 Å². The number of benzene rings is 2. The van der Waals surface area contributed by atoms with E-state index in [0.29, 0.717) is 0 Å². The number of carbonyl (C=O) groups excluding carboxylic acids is 1. The Morgan fingerprint density at radius 2 is 1.59 bits per heavy atom. The molecular weight excluding hydrogens is 387 g/mol. The van der Waals surface area contributed by atoms with Gasteiger partial charge in [0.1, 0.15) is 12.6 Å². The van der Waals surface area contributed by atoms with Crippen LogP contribution in [-0.2, 0) is 9.53 Å². The number of halogens is 3. The number of amides is 1. The fraction of sp³-hybridized carbons (Fsp3) is 0.333. The summed E-state index contributed by atoms with van der Waals surface area (Å²) in [5.74, 6) is -3.12. The number of fused-ring (bicyclic) bond motifs is 3. The van der Waals surface area contributed by atoms with Crippen LogP contribution in [0.5, 0.6) is 0 Å². The molecule has 8 heteroatoms. The van der Waals surface area contributed by atoms with Crippen molar-refractivity contribution in [3.05, 3.63) is 59.7 Å². The minimum atomic E-state index is -4.53. The van der Waals surface area contributed by atoms with Gasteiger partial charge in [-0.2, -0.15) is 13.2 Å². The zero-order valence-corrected chi connectivity index (χ0v) is 15.6. The summed E-state index contributed by atoms with van der Waals surface area (Å²) >= 11 is 0. The summed E-state index contributed by atoms with van der Waals surface area (Å²) in [4.78, 5) is 23.4. The van der Waals surface area contributed by atoms with E-state index in [9.17, 15) is 27.9 Å². The van der Waals surface area contributed by atoms with Crippen LogP contribution < -0.4 is 5.32 Å². The van der Waals surface area contributed by atoms with Crippen LogP contribution in [0.2, 0.25) is 0 Å². The summed E-state index contributed by atoms with van der Waals surface area (Å²) in [5.41, 5.74) is 4.00. The Bertz CT molecular complexity index is 867. The number of carboxylic acid groups (broad SMARTS) is 1. The maximum Gasteiger partial charge on any atom is 0.407 e. The lowest BCUT2D eigenvalue weighted by Crippen LogP contribution is -2.46. The monoisotopic (exact) mass is 407 g/mol. The van der Waals surface area contributed by atoms with Crippen molar-refractivity contribution in [3.63, 3.8) is 0 Å². The van der Waals surface area contributed by atoms with Gasteiger partial charge in [-0.1, -0.05) is 55.5 Å². The number of alkyl halides is 3. The lowest BCUT2D eigenvalue weighted by atomic mass is 9.98. The minimum absolute atomic E-state index is 0.0557. The summed E-state index contributed by atoms with van der Waals surface area (Å²) in [6.07, 6.45) is -6.92. The number of carbonyl (C=O) groups is 2. The molecular formula is C21H20F3NO4. The molecule has 29 heavy (non-hydrogen) atoms. The van der Waals surface area contributed by atoms with Crippen molar-refractivity contribution in [2.24, 2.45) is 5.92 Å². The van der Waals surface area contributed by atoms with Crippen molar-refractivity contribution >= 4 is 12.1 Å². The average Bonchev–Trinajstić information content (AvgIpc) is 2.96. The third kappa shape index (κ3) is 4.70. The molecule has 0 radical (unpaired) electrons. The number of hydrogen-bond acceptors (Lipinski definition) is 3. The molecule has 154 valence electrons. The van der Waals surface area contributed by atoms with Crippen LogP contribution in [0.1, 0.15) is 30.4 Å². The van der Waals surface area contributed by atoms with Crippen LogP contribution >= 0.6 is 0 Å². The molecule has 1 amide bonds. The standard InChI is InChI=1S/C21H20F3NO4/c1-12(10-21(22,23)24)18(19(26)27)25-20(28)29-11-17-15-8-4-2-6-13(15)14-7-3-5-9-16(14)17/h2-9,12,17-18H,10-11H2,1H3,(H,25,28)(H,26,27). The van der Waals surface area contributed by atoms with Gasteiger partial charge >= 0.3 is 18.2 Å². The molecule has 0 bridgehead atoms. The van der Waals surface area contributed by atoms with Crippen LogP contribution in [0, 0.1) is 5.92 Å². The van der Waals surface area contributed by atoms with Crippen LogP contribution in [-0.4, -0.2) is 36.0 Å². The Labute approximate surface area is 165 Å². The molecule has 0 aromatic heterocycles. The molecule has 2 N–H and O–H groups in total. The third-order valence-corrected chi connectivity index (χ3v) is 5.01. The summed E-state index contributed by atoms with van der Waals surface area (Å²) < 4.78 is 42.9. The summed E-state index contributed by atoms with van der Waals surface area (Å²) in [5, 5.41) is 11.2. The quantitative estimate of drug-likeness (QED) is 0.736. The summed E-state index contributed by atoms with van der Waals surface area (Å²) in [7, 11) is 0. The average molecular weight is 407 g/mol. The highest BCUT2D eigenvalue weighted by Gasteiger charge is 2.37. The van der Waals surface area contributed by atoms with E-state index in [2.05, 4.69) is 5.32 Å². The van der Waals surface area contributed by atoms with Crippen LogP contribution in [0.25, 0.3) is 11.1 Å². The second-order valence-electron chi connectivity index (χ2n) is 7.08. The first-order chi connectivity index (χ1) is 13.7. The molecule has 0 saturated carbocycles. The lowest BCUT2D eigenvalue weighted by Gasteiger charge is -2.22. The predicted molar refractivity (Wildman–Crippen MR) is 99.5 cm³/mol. The first kappa shape index (κ1) is 20.7. The van der Waals surface area contributed by atoms with Crippen molar-refractivity contribution in [2.45, 2.75) is 31.5 Å². The van der Waals surface area contributed by atoms with Crippen LogP contribution in [0.15, 0.2) is 48.5 Å². The smallest absolute Gasteiger partial charge is 0.407 e. The van der Waals surface area contributed by atoms with Gasteiger partial charge in [-0.05, 0) is 28.2 Å². The normalized spacial score (nSPS) is 15.2. The van der Waals surface area contributed by atoms with Gasteiger partial charge < -0.3 is 15.2 Å². The van der Waals surface area contributed by atoms with Gasteiger partial charge in [-0.25, -0.2) is 9.59 Å². The molecule has 2 aromatic rings. The van der Waals surface area contributed by atoms with Gasteiger partial charge in [0.05, 0.1) is 0 Å². The molecule has 0 heterocycles. The molecule has 5 nitrogen and oxygen atoms in total. The Morgan fingerprint density at radius 1 is 1.07 bits per heavy atom. The van der Waals surface area contributed by atoms with Gasteiger partial charge in [0.2, 0.25) is 0 Å². The topological polar surface area (TPSA) is 75.6 Å². The van der Waals surface area contributed by atoms with E-state index in [4.69, 9.17) is 4.74 Å². The SMILES string of the molecule is CC(CC(F)(F)F)C(NC(=O)OCC1c2ccccc2-c2ccccc21)C(=O)O. The van der Waals surface area contributed by atoms with Gasteiger partial charge in [0, 0.05) is 12.3 Å². The number of rotatable bonds is 6. The fourth-order valence-electron chi connectivity index (χ4n) is 3.70. The fourth-order valence-corrected chi connectivity index (χ4v) is 3.70. The van der Waals surface area contributed by atoms with Crippen molar-refractivity contribution in [3.8, 4) is 11.1 Å². The Hall–Kier alpha value is -3.03. The summed E-state index contributed by atoms with van der Waals surface area (Å²) in [6, 6.07) is 13.6. The number of alkyl carbamates (subject to hydrolysis) is 1. The maximum absolute atomic E-state index is 12.6. The number of ether oxygens (including phenoxy) is 1. The Balaban J connectivity index is 1.68. The predicted octanol–water partition coefficient (Wildman–Crippen LogP) is 4.57. The van der Waals surface area contributed by atoms with E-state index < -0.39 is 36.6 Å². The molecule has 3 rings (SSSR count). The van der Waals surface area contributed by atoms with Crippen molar-refractivity contribution in [1.29, 1.82) is 0 Å². The molecule has 0 aliphatic heterocycles. The lowest BCUT2D eigenvalue weighted by molar-refractivity contribution is -0.153. The van der Waals surface area contributed by atoms with E-state index in [1.54, 1.807) is 0 Å². The third-order valence-electron chi connectivity index (χ3n) is 5.01. The highest BCUT2D eigenvalue weighted by Crippen LogP contribution is 2.44. The molecule has 2 aromatic carbocycles. The molecule has 1 aliphatic carbocycles. The highest BCUT2D eigenvalue weighted by molar-refractivity contribution is 5.81. The zero-order chi connectivity index (χ0) is 21.2. The van der Waals surface area contributed by atoms with E-state index in [1.165, 1.54) is 0 Å². The molecule has 0 spiro atoms. The minimum Gasteiger partial charge on any atom is -0.480 e. The van der Waals surface area contributed by atoms with Crippen molar-refractivity contribution in [2.75, 3.05) is 6.61 Å². The Kier molecular flexibility index (Phi) is 5.81. The molecule has 2 atom stereocenters. The van der Waals surface area contributed by atoms with E-state index in [1.807, 2.05) is 48.5 Å². The molecule has 0 saturated heterocycles. The second-order valence-corrected chi connectivity index (χ2v) is 7.08. The number of hydrogen-bond donors (Lipinski definition) is 2. The molecule has 0 fully saturated rings. The summed E-state index contributed by atoms with van der Waals surface area (Å²) in [6.45, 7) is 1.07. The number of nitrogens with one attached hydrogen (secondary N) is 1. The number of carboxylic acids is 1. The largest absolute Gasteiger partial charge is 0.480 e. The highest BCUT2D eigenvalue weighted by atomic mass is 19.4. The van der Waals surface area contributed by atoms with Crippen LogP contribution in [0.4, 0.5) is 18.0 Å². The zero-order valence-electron chi connectivity index (χ0n) is 15.6. The first-order valence-corrected chi connectivity index (χ1v) is 9.08. The van der Waals surface area contributed by atoms with Crippen LogP contribution in [0.3, 0.4) is 0 Å².